The van der Waals surface area contributed by atoms with Gasteiger partial charge < -0.3 is 21.1 Å². The normalized spacial score (nSPS) is 25.7. The minimum absolute atomic E-state index is 0.0678. The molecule has 2 aliphatic rings. The summed E-state index contributed by atoms with van der Waals surface area (Å²) in [6.45, 7) is 3.37. The number of nitrogens with two attached hydrogens (primary N) is 1. The Labute approximate surface area is 241 Å². The molecule has 0 spiro atoms. The first-order valence-electron chi connectivity index (χ1n) is 14.3. The van der Waals surface area contributed by atoms with E-state index < -0.39 is 11.1 Å². The van der Waals surface area contributed by atoms with E-state index in [0.29, 0.717) is 36.2 Å². The van der Waals surface area contributed by atoms with Crippen LogP contribution in [-0.4, -0.2) is 45.5 Å². The number of pyridine rings is 1. The summed E-state index contributed by atoms with van der Waals surface area (Å²) < 4.78 is 15.0. The number of nitrogens with one attached hydrogen (secondary N) is 1. The molecule has 1 heterocycles. The van der Waals surface area contributed by atoms with Crippen LogP contribution in [0.1, 0.15) is 64.4 Å². The van der Waals surface area contributed by atoms with Gasteiger partial charge in [0, 0.05) is 49.3 Å². The van der Waals surface area contributed by atoms with Crippen molar-refractivity contribution < 1.29 is 19.1 Å². The summed E-state index contributed by atoms with van der Waals surface area (Å²) in [5, 5.41) is 13.1. The van der Waals surface area contributed by atoms with Gasteiger partial charge in [-0.1, -0.05) is 42.5 Å². The Bertz CT molecular complexity index is 1420. The van der Waals surface area contributed by atoms with Crippen LogP contribution in [0.4, 0.5) is 10.2 Å². The molecule has 41 heavy (non-hydrogen) atoms. The second-order valence-electron chi connectivity index (χ2n) is 12.2. The van der Waals surface area contributed by atoms with Crippen LogP contribution in [0.2, 0.25) is 0 Å². The molecule has 2 aliphatic carbocycles. The standard InChI is InChI=1S/C33H39FN4O3/c1-21(39)38(3)25-14-8-22(9-15-25)16-31(40)37-30-17-27(26-6-4-5-7-29(26)34)28(18-36-30)23-10-12-24(13-11-23)33(35)19-32(2,41)20-33/h4-7,10-13,17-18,22,25,41H,8-9,14-16,19-20,35H2,1-3H3,(H,36,37,40)/t22?,25?,32-,33-. The third kappa shape index (κ3) is 6.34. The highest BCUT2D eigenvalue weighted by atomic mass is 19.1. The van der Waals surface area contributed by atoms with E-state index in [1.807, 2.05) is 31.3 Å². The quantitative estimate of drug-likeness (QED) is 0.349. The summed E-state index contributed by atoms with van der Waals surface area (Å²) in [6.07, 6.45) is 6.59. The van der Waals surface area contributed by atoms with Gasteiger partial charge in [0.05, 0.1) is 5.60 Å². The van der Waals surface area contributed by atoms with Crippen molar-refractivity contribution >= 4 is 17.6 Å². The maximum absolute atomic E-state index is 15.0. The zero-order valence-electron chi connectivity index (χ0n) is 24.0. The van der Waals surface area contributed by atoms with E-state index in [4.69, 9.17) is 5.73 Å². The summed E-state index contributed by atoms with van der Waals surface area (Å²) >= 11 is 0. The fourth-order valence-electron chi connectivity index (χ4n) is 6.60. The van der Waals surface area contributed by atoms with Gasteiger partial charge >= 0.3 is 0 Å². The zero-order chi connectivity index (χ0) is 29.4. The maximum atomic E-state index is 15.0. The number of nitrogens with zero attached hydrogens (tertiary/aromatic N) is 2. The van der Waals surface area contributed by atoms with Crippen molar-refractivity contribution in [2.24, 2.45) is 11.7 Å². The minimum Gasteiger partial charge on any atom is -0.390 e. The molecule has 0 saturated heterocycles. The van der Waals surface area contributed by atoms with Crippen LogP contribution in [-0.2, 0) is 15.1 Å². The number of carbonyl (C=O) groups excluding carboxylic acids is 2. The highest BCUT2D eigenvalue weighted by Gasteiger charge is 2.49. The molecule has 0 radical (unpaired) electrons. The van der Waals surface area contributed by atoms with Crippen molar-refractivity contribution in [1.29, 1.82) is 0 Å². The number of halogens is 1. The molecular weight excluding hydrogens is 519 g/mol. The van der Waals surface area contributed by atoms with Gasteiger partial charge in [0.15, 0.2) is 0 Å². The summed E-state index contributed by atoms with van der Waals surface area (Å²) in [5.74, 6) is 0.205. The lowest BCUT2D eigenvalue weighted by atomic mass is 9.63. The summed E-state index contributed by atoms with van der Waals surface area (Å²) in [4.78, 5) is 31.0. The first-order chi connectivity index (χ1) is 19.4. The van der Waals surface area contributed by atoms with E-state index in [1.165, 1.54) is 6.07 Å². The number of carbonyl (C=O) groups is 2. The molecular formula is C33H39FN4O3. The van der Waals surface area contributed by atoms with E-state index in [-0.39, 0.29) is 29.6 Å². The van der Waals surface area contributed by atoms with Crippen LogP contribution in [0.25, 0.3) is 22.3 Å². The first kappa shape index (κ1) is 28.9. The molecule has 216 valence electrons. The lowest BCUT2D eigenvalue weighted by Crippen LogP contribution is -2.58. The molecule has 0 atom stereocenters. The van der Waals surface area contributed by atoms with E-state index in [2.05, 4.69) is 10.3 Å². The molecule has 0 bridgehead atoms. The lowest BCUT2D eigenvalue weighted by molar-refractivity contribution is -0.130. The third-order valence-corrected chi connectivity index (χ3v) is 8.83. The molecule has 2 aromatic carbocycles. The Kier molecular flexibility index (Phi) is 7.99. The van der Waals surface area contributed by atoms with Gasteiger partial charge in [-0.25, -0.2) is 9.37 Å². The fourth-order valence-corrected chi connectivity index (χ4v) is 6.60. The minimum atomic E-state index is -0.749. The van der Waals surface area contributed by atoms with Crippen molar-refractivity contribution in [3.8, 4) is 22.3 Å². The highest BCUT2D eigenvalue weighted by Crippen LogP contribution is 2.46. The number of amides is 2. The molecule has 0 unspecified atom stereocenters. The van der Waals surface area contributed by atoms with Gasteiger partial charge in [-0.05, 0) is 80.2 Å². The molecule has 2 fully saturated rings. The largest absolute Gasteiger partial charge is 0.390 e. The molecule has 2 saturated carbocycles. The second-order valence-corrected chi connectivity index (χ2v) is 12.2. The van der Waals surface area contributed by atoms with E-state index in [1.54, 1.807) is 49.2 Å². The van der Waals surface area contributed by atoms with Crippen LogP contribution in [0, 0.1) is 11.7 Å². The molecule has 1 aromatic heterocycles. The Balaban J connectivity index is 1.33. The number of aromatic nitrogens is 1. The number of rotatable bonds is 7. The molecule has 2 amide bonds. The van der Waals surface area contributed by atoms with Crippen LogP contribution < -0.4 is 11.1 Å². The monoisotopic (exact) mass is 558 g/mol. The van der Waals surface area contributed by atoms with Crippen molar-refractivity contribution in [2.75, 3.05) is 12.4 Å². The molecule has 0 aliphatic heterocycles. The third-order valence-electron chi connectivity index (χ3n) is 8.83. The lowest BCUT2D eigenvalue weighted by Gasteiger charge is -2.49. The Morgan fingerprint density at radius 2 is 1.71 bits per heavy atom. The average Bonchev–Trinajstić information content (AvgIpc) is 2.92. The van der Waals surface area contributed by atoms with Crippen LogP contribution in [0.15, 0.2) is 60.8 Å². The molecule has 4 N–H and O–H groups in total. The topological polar surface area (TPSA) is 109 Å². The number of hydrogen-bond acceptors (Lipinski definition) is 5. The van der Waals surface area contributed by atoms with Gasteiger partial charge in [-0.15, -0.1) is 0 Å². The highest BCUT2D eigenvalue weighted by molar-refractivity contribution is 5.92. The summed E-state index contributed by atoms with van der Waals surface area (Å²) in [7, 11) is 1.84. The van der Waals surface area contributed by atoms with Crippen molar-refractivity contribution in [3.63, 3.8) is 0 Å². The van der Waals surface area contributed by atoms with Gasteiger partial charge in [-0.3, -0.25) is 9.59 Å². The van der Waals surface area contributed by atoms with Gasteiger partial charge in [0.2, 0.25) is 11.8 Å². The summed E-state index contributed by atoms with van der Waals surface area (Å²) in [5.41, 5.74) is 8.78. The predicted octanol–water partition coefficient (Wildman–Crippen LogP) is 5.62. The first-order valence-corrected chi connectivity index (χ1v) is 14.3. The smallest absolute Gasteiger partial charge is 0.225 e. The van der Waals surface area contributed by atoms with E-state index in [9.17, 15) is 19.1 Å². The molecule has 5 rings (SSSR count). The van der Waals surface area contributed by atoms with Crippen LogP contribution >= 0.6 is 0 Å². The van der Waals surface area contributed by atoms with E-state index >= 15 is 0 Å². The number of benzene rings is 2. The summed E-state index contributed by atoms with van der Waals surface area (Å²) in [6, 6.07) is 16.3. The van der Waals surface area contributed by atoms with E-state index in [0.717, 1.165) is 42.4 Å². The van der Waals surface area contributed by atoms with Crippen molar-refractivity contribution in [1.82, 2.24) is 9.88 Å². The van der Waals surface area contributed by atoms with Crippen molar-refractivity contribution in [2.45, 2.75) is 76.0 Å². The Morgan fingerprint density at radius 3 is 2.32 bits per heavy atom. The molecule has 7 nitrogen and oxygen atoms in total. The van der Waals surface area contributed by atoms with Gasteiger partial charge in [0.1, 0.15) is 11.6 Å². The van der Waals surface area contributed by atoms with Gasteiger partial charge in [0.25, 0.3) is 0 Å². The number of hydrogen-bond donors (Lipinski definition) is 3. The van der Waals surface area contributed by atoms with Crippen molar-refractivity contribution in [3.05, 3.63) is 72.2 Å². The molecule has 3 aromatic rings. The maximum Gasteiger partial charge on any atom is 0.225 e. The number of aliphatic hydroxyl groups is 1. The Morgan fingerprint density at radius 1 is 1.05 bits per heavy atom. The van der Waals surface area contributed by atoms with Gasteiger partial charge in [-0.2, -0.15) is 0 Å². The van der Waals surface area contributed by atoms with Crippen LogP contribution in [0.3, 0.4) is 0 Å². The van der Waals surface area contributed by atoms with Crippen LogP contribution in [0.5, 0.6) is 0 Å². The molecule has 8 heteroatoms. The fraction of sp³-hybridized carbons (Fsp3) is 0.424. The Hall–Kier alpha value is -3.62. The predicted molar refractivity (Wildman–Crippen MR) is 158 cm³/mol. The zero-order valence-corrected chi connectivity index (χ0v) is 24.0. The SMILES string of the molecule is CC(=O)N(C)C1CCC(CC(=O)Nc2cc(-c3ccccc3F)c(-c3ccc([C@]4(N)C[C@](C)(O)C4)cc3)cn2)CC1. The number of anilines is 1. The second kappa shape index (κ2) is 11.3. The average molecular weight is 559 g/mol.